The third-order valence-corrected chi connectivity index (χ3v) is 7.48. The molecule has 0 radical (unpaired) electrons. The van der Waals surface area contributed by atoms with Crippen molar-refractivity contribution in [1.82, 2.24) is 20.2 Å². The lowest BCUT2D eigenvalue weighted by molar-refractivity contribution is 0.0867. The van der Waals surface area contributed by atoms with Gasteiger partial charge in [-0.15, -0.1) is 11.3 Å². The summed E-state index contributed by atoms with van der Waals surface area (Å²) in [4.78, 5) is 23.0. The summed E-state index contributed by atoms with van der Waals surface area (Å²) in [7, 11) is 0. The van der Waals surface area contributed by atoms with Gasteiger partial charge in [0, 0.05) is 12.7 Å². The van der Waals surface area contributed by atoms with Crippen molar-refractivity contribution < 1.29 is 22.7 Å². The number of halogens is 4. The van der Waals surface area contributed by atoms with E-state index in [1.807, 2.05) is 11.0 Å². The number of nitrogens with one attached hydrogen (secondary N) is 1. The molecule has 1 amide bonds. The molecule has 1 aromatic carbocycles. The molecule has 3 heterocycles. The SMILES string of the molecule is N#Cc1cccnc1OCC1CCN(C(CNC(=O)c2c(F)cccc2Cl)c2scnc2C(F)F)CC1. The number of thiazole rings is 1. The summed E-state index contributed by atoms with van der Waals surface area (Å²) in [6, 6.07) is 8.71. The second kappa shape index (κ2) is 12.4. The van der Waals surface area contributed by atoms with Gasteiger partial charge in [-0.25, -0.2) is 23.1 Å². The smallest absolute Gasteiger partial charge is 0.281 e. The van der Waals surface area contributed by atoms with Crippen LogP contribution in [0, 0.1) is 23.1 Å². The Morgan fingerprint density at radius 1 is 1.27 bits per heavy atom. The van der Waals surface area contributed by atoms with E-state index in [0.717, 1.165) is 17.4 Å². The number of likely N-dealkylation sites (tertiary alicyclic amines) is 1. The minimum Gasteiger partial charge on any atom is -0.476 e. The summed E-state index contributed by atoms with van der Waals surface area (Å²) in [5.41, 5.74) is 1.11. The van der Waals surface area contributed by atoms with Gasteiger partial charge in [-0.1, -0.05) is 17.7 Å². The fourth-order valence-corrected chi connectivity index (χ4v) is 5.46. The number of ether oxygens (including phenoxy) is 1. The number of carbonyl (C=O) groups excluding carboxylic acids is 1. The first kappa shape index (κ1) is 26.9. The molecule has 0 spiro atoms. The molecule has 1 saturated heterocycles. The van der Waals surface area contributed by atoms with Gasteiger partial charge < -0.3 is 10.1 Å². The van der Waals surface area contributed by atoms with Gasteiger partial charge in [0.1, 0.15) is 23.1 Å². The zero-order valence-electron chi connectivity index (χ0n) is 19.5. The van der Waals surface area contributed by atoms with Gasteiger partial charge in [-0.2, -0.15) is 5.26 Å². The van der Waals surface area contributed by atoms with E-state index in [1.165, 1.54) is 17.6 Å². The highest BCUT2D eigenvalue weighted by atomic mass is 35.5. The van der Waals surface area contributed by atoms with Gasteiger partial charge in [0.15, 0.2) is 0 Å². The van der Waals surface area contributed by atoms with Gasteiger partial charge in [0.05, 0.1) is 33.6 Å². The average Bonchev–Trinajstić information content (AvgIpc) is 3.38. The molecule has 37 heavy (non-hydrogen) atoms. The van der Waals surface area contributed by atoms with Crippen molar-refractivity contribution in [3.05, 3.63) is 74.6 Å². The van der Waals surface area contributed by atoms with Crippen LogP contribution in [0.4, 0.5) is 13.2 Å². The Morgan fingerprint density at radius 2 is 2.05 bits per heavy atom. The molecule has 2 aromatic heterocycles. The number of pyridine rings is 1. The maximum absolute atomic E-state index is 14.2. The van der Waals surface area contributed by atoms with E-state index in [1.54, 1.807) is 18.3 Å². The second-order valence-electron chi connectivity index (χ2n) is 8.48. The van der Waals surface area contributed by atoms with Crippen molar-refractivity contribution in [3.63, 3.8) is 0 Å². The number of benzene rings is 1. The molecule has 1 atom stereocenters. The summed E-state index contributed by atoms with van der Waals surface area (Å²) in [6.45, 7) is 1.47. The Balaban J connectivity index is 1.44. The molecule has 12 heteroatoms. The van der Waals surface area contributed by atoms with Crippen LogP contribution in [0.2, 0.25) is 5.02 Å². The Labute approximate surface area is 220 Å². The van der Waals surface area contributed by atoms with Gasteiger partial charge in [-0.05, 0) is 56.1 Å². The molecule has 7 nitrogen and oxygen atoms in total. The van der Waals surface area contributed by atoms with Crippen molar-refractivity contribution >= 4 is 28.8 Å². The van der Waals surface area contributed by atoms with Crippen LogP contribution in [-0.2, 0) is 0 Å². The Hall–Kier alpha value is -3.20. The lowest BCUT2D eigenvalue weighted by atomic mass is 9.96. The van der Waals surface area contributed by atoms with E-state index in [2.05, 4.69) is 15.3 Å². The number of nitriles is 1. The fourth-order valence-electron chi connectivity index (χ4n) is 4.28. The Morgan fingerprint density at radius 3 is 2.76 bits per heavy atom. The van der Waals surface area contributed by atoms with Crippen LogP contribution in [0.15, 0.2) is 42.0 Å². The molecule has 1 N–H and O–H groups in total. The zero-order chi connectivity index (χ0) is 26.4. The molecule has 1 aliphatic rings. The monoisotopic (exact) mass is 549 g/mol. The molecule has 3 aromatic rings. The number of piperidine rings is 1. The molecule has 1 aliphatic heterocycles. The summed E-state index contributed by atoms with van der Waals surface area (Å²) < 4.78 is 47.3. The van der Waals surface area contributed by atoms with Crippen LogP contribution in [0.1, 0.15) is 51.8 Å². The summed E-state index contributed by atoms with van der Waals surface area (Å²) >= 11 is 7.11. The maximum atomic E-state index is 14.2. The number of carbonyl (C=O) groups is 1. The number of alkyl halides is 2. The van der Waals surface area contributed by atoms with E-state index in [9.17, 15) is 23.2 Å². The predicted molar refractivity (Wildman–Crippen MR) is 132 cm³/mol. The Bertz CT molecular complexity index is 1260. The highest BCUT2D eigenvalue weighted by molar-refractivity contribution is 7.09. The van der Waals surface area contributed by atoms with E-state index in [4.69, 9.17) is 16.3 Å². The minimum absolute atomic E-state index is 0.0218. The van der Waals surface area contributed by atoms with E-state index in [-0.39, 0.29) is 34.6 Å². The first-order valence-corrected chi connectivity index (χ1v) is 12.8. The van der Waals surface area contributed by atoms with Crippen LogP contribution in [0.5, 0.6) is 5.88 Å². The van der Waals surface area contributed by atoms with Crippen LogP contribution in [0.25, 0.3) is 0 Å². The molecular formula is C25H23ClF3N5O2S. The average molecular weight is 550 g/mol. The third-order valence-electron chi connectivity index (χ3n) is 6.22. The lowest BCUT2D eigenvalue weighted by Gasteiger charge is -2.37. The summed E-state index contributed by atoms with van der Waals surface area (Å²) in [6.07, 6.45) is 0.212. The first-order valence-electron chi connectivity index (χ1n) is 11.5. The number of aromatic nitrogens is 2. The van der Waals surface area contributed by atoms with Crippen LogP contribution >= 0.6 is 22.9 Å². The van der Waals surface area contributed by atoms with Crippen LogP contribution < -0.4 is 10.1 Å². The summed E-state index contributed by atoms with van der Waals surface area (Å²) in [5.74, 6) is -1.02. The van der Waals surface area contributed by atoms with Crippen molar-refractivity contribution in [2.75, 3.05) is 26.2 Å². The molecule has 4 rings (SSSR count). The normalized spacial score (nSPS) is 15.4. The third kappa shape index (κ3) is 6.39. The highest BCUT2D eigenvalue weighted by Gasteiger charge is 2.32. The van der Waals surface area contributed by atoms with Crippen molar-refractivity contribution in [1.29, 1.82) is 5.26 Å². The molecule has 0 saturated carbocycles. The molecule has 194 valence electrons. The standard InChI is InChI=1S/C25H23ClF3N5O2S/c26-17-4-1-5-18(27)20(17)24(35)32-12-19(22-21(23(28)29)33-14-37-22)34-9-6-15(7-10-34)13-36-25-16(11-30)3-2-8-31-25/h1-5,8,14-15,19,23H,6-7,9-10,12-13H2,(H,32,35). The molecular weight excluding hydrogens is 527 g/mol. The fraction of sp³-hybridized carbons (Fsp3) is 0.360. The van der Waals surface area contributed by atoms with E-state index >= 15 is 0 Å². The van der Waals surface area contributed by atoms with E-state index in [0.29, 0.717) is 43.0 Å². The van der Waals surface area contributed by atoms with Crippen molar-refractivity contribution in [2.24, 2.45) is 5.92 Å². The van der Waals surface area contributed by atoms with Crippen LogP contribution in [0.3, 0.4) is 0 Å². The highest BCUT2D eigenvalue weighted by Crippen LogP contribution is 2.35. The summed E-state index contributed by atoms with van der Waals surface area (Å²) in [5, 5.41) is 11.8. The number of rotatable bonds is 9. The predicted octanol–water partition coefficient (Wildman–Crippen LogP) is 5.40. The number of nitrogens with zero attached hydrogens (tertiary/aromatic N) is 4. The maximum Gasteiger partial charge on any atom is 0.281 e. The first-order chi connectivity index (χ1) is 17.9. The molecule has 1 unspecified atom stereocenters. The van der Waals surface area contributed by atoms with E-state index < -0.39 is 24.2 Å². The quantitative estimate of drug-likeness (QED) is 0.384. The van der Waals surface area contributed by atoms with Gasteiger partial charge in [0.2, 0.25) is 5.88 Å². The minimum atomic E-state index is -2.76. The molecule has 0 aliphatic carbocycles. The number of hydrogen-bond acceptors (Lipinski definition) is 7. The van der Waals surface area contributed by atoms with Gasteiger partial charge >= 0.3 is 0 Å². The Kier molecular flexibility index (Phi) is 8.97. The lowest BCUT2D eigenvalue weighted by Crippen LogP contribution is -2.43. The zero-order valence-corrected chi connectivity index (χ0v) is 21.1. The van der Waals surface area contributed by atoms with Gasteiger partial charge in [0.25, 0.3) is 12.3 Å². The molecule has 1 fully saturated rings. The van der Waals surface area contributed by atoms with Crippen molar-refractivity contribution in [2.45, 2.75) is 25.3 Å². The number of hydrogen-bond donors (Lipinski definition) is 1. The number of amides is 1. The topological polar surface area (TPSA) is 91.1 Å². The largest absolute Gasteiger partial charge is 0.476 e. The van der Waals surface area contributed by atoms with Crippen molar-refractivity contribution in [3.8, 4) is 11.9 Å². The molecule has 0 bridgehead atoms. The second-order valence-corrected chi connectivity index (χ2v) is 9.78. The van der Waals surface area contributed by atoms with Gasteiger partial charge in [-0.3, -0.25) is 9.69 Å². The van der Waals surface area contributed by atoms with Crippen LogP contribution in [-0.4, -0.2) is 47.0 Å².